The molecule has 0 fully saturated rings. The Hall–Kier alpha value is -1.24. The van der Waals surface area contributed by atoms with E-state index in [1.807, 2.05) is 13.0 Å². The number of nitrogens with zero attached hydrogens (tertiary/aromatic N) is 1. The molecule has 4 nitrogen and oxygen atoms in total. The Bertz CT molecular complexity index is 611. The second-order valence-corrected chi connectivity index (χ2v) is 6.54. The van der Waals surface area contributed by atoms with Crippen LogP contribution in [-0.2, 0) is 16.6 Å². The molecule has 19 heavy (non-hydrogen) atoms. The Kier molecular flexibility index (Phi) is 4.03. The van der Waals surface area contributed by atoms with Gasteiger partial charge in [0.1, 0.15) is 5.82 Å². The molecule has 104 valence electrons. The lowest BCUT2D eigenvalue weighted by Gasteiger charge is -2.26. The molecule has 0 amide bonds. The van der Waals surface area contributed by atoms with Crippen molar-refractivity contribution in [1.82, 2.24) is 4.31 Å². The third kappa shape index (κ3) is 2.86. The number of hydrogen-bond donors (Lipinski definition) is 1. The molecule has 2 rings (SSSR count). The first-order valence-electron chi connectivity index (χ1n) is 6.09. The molecular formula is C13H17FN2O2S. The lowest BCUT2D eigenvalue weighted by Crippen LogP contribution is -2.36. The van der Waals surface area contributed by atoms with Gasteiger partial charge in [0.25, 0.3) is 0 Å². The zero-order valence-corrected chi connectivity index (χ0v) is 11.6. The predicted octanol–water partition coefficient (Wildman–Crippen LogP) is 1.63. The third-order valence-electron chi connectivity index (χ3n) is 3.16. The minimum Gasteiger partial charge on any atom is -0.326 e. The van der Waals surface area contributed by atoms with Crippen molar-refractivity contribution >= 4 is 10.0 Å². The van der Waals surface area contributed by atoms with Crippen LogP contribution in [0.4, 0.5) is 4.39 Å². The maximum Gasteiger partial charge on any atom is 0.243 e. The van der Waals surface area contributed by atoms with Crippen molar-refractivity contribution in [1.29, 1.82) is 0 Å². The average molecular weight is 284 g/mol. The first-order valence-corrected chi connectivity index (χ1v) is 7.53. The van der Waals surface area contributed by atoms with E-state index in [2.05, 4.69) is 0 Å². The van der Waals surface area contributed by atoms with Crippen molar-refractivity contribution in [3.05, 3.63) is 41.2 Å². The Balaban J connectivity index is 2.45. The van der Waals surface area contributed by atoms with Crippen molar-refractivity contribution in [2.24, 2.45) is 5.73 Å². The molecule has 0 atom stereocenters. The van der Waals surface area contributed by atoms with Gasteiger partial charge in [0.2, 0.25) is 10.0 Å². The number of sulfonamides is 1. The minimum absolute atomic E-state index is 0.0234. The number of nitrogens with two attached hydrogens (primary N) is 1. The Morgan fingerprint density at radius 2 is 2.16 bits per heavy atom. The van der Waals surface area contributed by atoms with Crippen LogP contribution in [0.15, 0.2) is 34.7 Å². The molecule has 1 aromatic carbocycles. The molecular weight excluding hydrogens is 267 g/mol. The van der Waals surface area contributed by atoms with E-state index < -0.39 is 15.8 Å². The van der Waals surface area contributed by atoms with Crippen LogP contribution in [0.25, 0.3) is 0 Å². The Morgan fingerprint density at radius 1 is 1.42 bits per heavy atom. The van der Waals surface area contributed by atoms with Gasteiger partial charge in [0.05, 0.1) is 4.90 Å². The van der Waals surface area contributed by atoms with Crippen molar-refractivity contribution < 1.29 is 12.8 Å². The molecule has 0 radical (unpaired) electrons. The van der Waals surface area contributed by atoms with Crippen LogP contribution in [0.5, 0.6) is 0 Å². The lowest BCUT2D eigenvalue weighted by molar-refractivity contribution is 0.427. The lowest BCUT2D eigenvalue weighted by atomic mass is 10.2. The van der Waals surface area contributed by atoms with Gasteiger partial charge in [0.15, 0.2) is 0 Å². The number of halogens is 1. The summed E-state index contributed by atoms with van der Waals surface area (Å²) >= 11 is 0. The number of rotatable bonds is 3. The molecule has 0 spiro atoms. The molecule has 0 bridgehead atoms. The molecule has 0 aromatic heterocycles. The Labute approximate surface area is 112 Å². The highest BCUT2D eigenvalue weighted by atomic mass is 32.2. The molecule has 1 heterocycles. The second-order valence-electron chi connectivity index (χ2n) is 4.63. The molecule has 2 N–H and O–H groups in total. The summed E-state index contributed by atoms with van der Waals surface area (Å²) in [5.41, 5.74) is 6.98. The van der Waals surface area contributed by atoms with E-state index >= 15 is 0 Å². The van der Waals surface area contributed by atoms with E-state index in [0.29, 0.717) is 25.1 Å². The van der Waals surface area contributed by atoms with Gasteiger partial charge in [-0.25, -0.2) is 12.8 Å². The fraction of sp³-hybridized carbons (Fsp3) is 0.385. The van der Waals surface area contributed by atoms with Crippen LogP contribution in [0.3, 0.4) is 0 Å². The van der Waals surface area contributed by atoms with Crippen LogP contribution >= 0.6 is 0 Å². The summed E-state index contributed by atoms with van der Waals surface area (Å²) in [4.78, 5) is -0.0234. The summed E-state index contributed by atoms with van der Waals surface area (Å²) in [6.07, 6.45) is 2.69. The summed E-state index contributed by atoms with van der Waals surface area (Å²) in [6, 6.07) is 3.70. The van der Waals surface area contributed by atoms with Crippen LogP contribution in [0.1, 0.15) is 18.9 Å². The monoisotopic (exact) mass is 284 g/mol. The van der Waals surface area contributed by atoms with E-state index in [1.54, 1.807) is 0 Å². The van der Waals surface area contributed by atoms with E-state index in [9.17, 15) is 12.8 Å². The normalized spacial score (nSPS) is 17.3. The van der Waals surface area contributed by atoms with Crippen molar-refractivity contribution in [3.8, 4) is 0 Å². The van der Waals surface area contributed by atoms with Gasteiger partial charge in [-0.15, -0.1) is 0 Å². The van der Waals surface area contributed by atoms with E-state index in [-0.39, 0.29) is 11.4 Å². The molecule has 0 saturated heterocycles. The highest BCUT2D eigenvalue weighted by molar-refractivity contribution is 7.89. The summed E-state index contributed by atoms with van der Waals surface area (Å²) in [7, 11) is -3.69. The molecule has 1 aromatic rings. The van der Waals surface area contributed by atoms with Gasteiger partial charge in [-0.3, -0.25) is 0 Å². The van der Waals surface area contributed by atoms with Crippen LogP contribution in [0.2, 0.25) is 0 Å². The zero-order valence-electron chi connectivity index (χ0n) is 10.8. The van der Waals surface area contributed by atoms with Crippen LogP contribution in [-0.4, -0.2) is 25.8 Å². The largest absolute Gasteiger partial charge is 0.326 e. The van der Waals surface area contributed by atoms with E-state index in [0.717, 1.165) is 11.6 Å². The zero-order chi connectivity index (χ0) is 14.0. The van der Waals surface area contributed by atoms with Gasteiger partial charge >= 0.3 is 0 Å². The highest BCUT2D eigenvalue weighted by Crippen LogP contribution is 2.24. The quantitative estimate of drug-likeness (QED) is 0.858. The van der Waals surface area contributed by atoms with Crippen LogP contribution < -0.4 is 5.73 Å². The maximum absolute atomic E-state index is 13.3. The molecule has 0 aliphatic carbocycles. The van der Waals surface area contributed by atoms with E-state index in [4.69, 9.17) is 5.73 Å². The van der Waals surface area contributed by atoms with Crippen molar-refractivity contribution in [3.63, 3.8) is 0 Å². The third-order valence-corrected chi connectivity index (χ3v) is 5.09. The maximum atomic E-state index is 13.3. The first-order chi connectivity index (χ1) is 8.95. The fourth-order valence-corrected chi connectivity index (χ4v) is 3.90. The van der Waals surface area contributed by atoms with Crippen molar-refractivity contribution in [2.45, 2.75) is 24.8 Å². The topological polar surface area (TPSA) is 63.4 Å². The minimum atomic E-state index is -3.69. The molecule has 0 saturated carbocycles. The number of benzene rings is 1. The van der Waals surface area contributed by atoms with Gasteiger partial charge in [-0.2, -0.15) is 4.31 Å². The fourth-order valence-electron chi connectivity index (χ4n) is 2.16. The van der Waals surface area contributed by atoms with Crippen LogP contribution in [0, 0.1) is 5.82 Å². The first kappa shape index (κ1) is 14.2. The molecule has 1 aliphatic rings. The summed E-state index contributed by atoms with van der Waals surface area (Å²) < 4.78 is 39.8. The summed E-state index contributed by atoms with van der Waals surface area (Å²) in [5, 5.41) is 0. The average Bonchev–Trinajstić information content (AvgIpc) is 2.38. The molecule has 0 unspecified atom stereocenters. The Morgan fingerprint density at radius 3 is 2.79 bits per heavy atom. The standard InChI is InChI=1S/C13H17FN2O2S/c1-10-3-2-6-16(9-10)19(17,18)13-7-12(14)5-4-11(13)8-15/h3-5,7H,2,6,8-9,15H2,1H3. The summed E-state index contributed by atoms with van der Waals surface area (Å²) in [5.74, 6) is -0.569. The smallest absolute Gasteiger partial charge is 0.243 e. The van der Waals surface area contributed by atoms with Gasteiger partial charge in [0, 0.05) is 19.6 Å². The van der Waals surface area contributed by atoms with Crippen molar-refractivity contribution in [2.75, 3.05) is 13.1 Å². The SMILES string of the molecule is CC1=CCCN(S(=O)(=O)c2cc(F)ccc2CN)C1. The molecule has 6 heteroatoms. The molecule has 1 aliphatic heterocycles. The van der Waals surface area contributed by atoms with E-state index in [1.165, 1.54) is 16.4 Å². The van der Waals surface area contributed by atoms with Gasteiger partial charge in [-0.05, 0) is 31.0 Å². The van der Waals surface area contributed by atoms with Gasteiger partial charge in [-0.1, -0.05) is 17.7 Å². The highest BCUT2D eigenvalue weighted by Gasteiger charge is 2.28. The number of hydrogen-bond acceptors (Lipinski definition) is 3. The predicted molar refractivity (Wildman–Crippen MR) is 71.4 cm³/mol. The van der Waals surface area contributed by atoms with Gasteiger partial charge < -0.3 is 5.73 Å². The summed E-state index contributed by atoms with van der Waals surface area (Å²) in [6.45, 7) is 2.72. The second kappa shape index (κ2) is 5.40.